The van der Waals surface area contributed by atoms with E-state index in [0.29, 0.717) is 24.4 Å². The second-order valence-corrected chi connectivity index (χ2v) is 6.25. The van der Waals surface area contributed by atoms with Crippen LogP contribution in [0.3, 0.4) is 0 Å². The van der Waals surface area contributed by atoms with Crippen molar-refractivity contribution in [3.8, 4) is 11.5 Å². The molecule has 0 unspecified atom stereocenters. The van der Waals surface area contributed by atoms with Crippen LogP contribution in [0.4, 0.5) is 4.39 Å². The van der Waals surface area contributed by atoms with Crippen molar-refractivity contribution in [3.63, 3.8) is 0 Å². The van der Waals surface area contributed by atoms with E-state index in [-0.39, 0.29) is 18.5 Å². The monoisotopic (exact) mass is 347 g/mol. The second kappa shape index (κ2) is 9.39. The van der Waals surface area contributed by atoms with Crippen molar-refractivity contribution in [2.75, 3.05) is 20.3 Å². The molecule has 0 saturated carbocycles. The Balaban J connectivity index is 1.88. The highest BCUT2D eigenvalue weighted by Crippen LogP contribution is 2.17. The van der Waals surface area contributed by atoms with Gasteiger partial charge >= 0.3 is 0 Å². The third-order valence-corrected chi connectivity index (χ3v) is 4.01. The molecule has 0 fully saturated rings. The zero-order valence-corrected chi connectivity index (χ0v) is 15.0. The molecule has 5 heteroatoms. The third kappa shape index (κ3) is 6.03. The van der Waals surface area contributed by atoms with E-state index in [1.54, 1.807) is 43.5 Å². The summed E-state index contributed by atoms with van der Waals surface area (Å²) in [5.41, 5.74) is 0.625. The number of methoxy groups -OCH3 is 1. The fourth-order valence-electron chi connectivity index (χ4n) is 2.49. The molecule has 0 heterocycles. The van der Waals surface area contributed by atoms with Crippen molar-refractivity contribution in [1.29, 1.82) is 0 Å². The molecule has 0 aromatic heterocycles. The van der Waals surface area contributed by atoms with Crippen LogP contribution in [0.5, 0.6) is 11.5 Å². The highest BCUT2D eigenvalue weighted by atomic mass is 19.1. The van der Waals surface area contributed by atoms with Crippen LogP contribution in [0.1, 0.15) is 19.4 Å². The zero-order chi connectivity index (χ0) is 18.2. The summed E-state index contributed by atoms with van der Waals surface area (Å²) >= 11 is 0. The Bertz CT molecular complexity index is 646. The van der Waals surface area contributed by atoms with Gasteiger partial charge in [0.05, 0.1) is 7.11 Å². The van der Waals surface area contributed by atoms with Crippen molar-refractivity contribution in [2.24, 2.45) is 0 Å². The predicted molar refractivity (Wildman–Crippen MR) is 96.4 cm³/mol. The lowest BCUT2D eigenvalue weighted by atomic mass is 10.1. The first-order valence-electron chi connectivity index (χ1n) is 8.42. The highest BCUT2D eigenvalue weighted by Gasteiger charge is 2.17. The van der Waals surface area contributed by atoms with Crippen LogP contribution in [0.2, 0.25) is 0 Å². The molecule has 25 heavy (non-hydrogen) atoms. The maximum atomic E-state index is 13.9. The van der Waals surface area contributed by atoms with E-state index in [2.05, 4.69) is 0 Å². The largest absolute Gasteiger partial charge is 0.497 e. The van der Waals surface area contributed by atoms with Gasteiger partial charge in [0.1, 0.15) is 30.0 Å². The number of nitrogens with zero attached hydrogens (tertiary/aromatic N) is 1. The summed E-state index contributed by atoms with van der Waals surface area (Å²) in [7, 11) is 1.61. The minimum Gasteiger partial charge on any atom is -0.497 e. The molecular weight excluding hydrogens is 321 g/mol. The molecule has 0 aliphatic heterocycles. The summed E-state index contributed by atoms with van der Waals surface area (Å²) in [4.78, 5) is 2.03. The van der Waals surface area contributed by atoms with Crippen LogP contribution in [-0.2, 0) is 6.54 Å². The molecule has 2 aromatic carbocycles. The Kier molecular flexibility index (Phi) is 7.22. The van der Waals surface area contributed by atoms with Gasteiger partial charge in [0.15, 0.2) is 0 Å². The van der Waals surface area contributed by atoms with E-state index in [9.17, 15) is 9.50 Å². The number of aliphatic hydroxyl groups is 1. The maximum absolute atomic E-state index is 13.9. The van der Waals surface area contributed by atoms with Crippen LogP contribution in [-0.4, -0.2) is 42.4 Å². The van der Waals surface area contributed by atoms with Gasteiger partial charge in [0.2, 0.25) is 0 Å². The van der Waals surface area contributed by atoms with Gasteiger partial charge in [-0.05, 0) is 44.2 Å². The molecule has 2 rings (SSSR count). The fourth-order valence-corrected chi connectivity index (χ4v) is 2.49. The van der Waals surface area contributed by atoms with E-state index in [1.165, 1.54) is 6.07 Å². The molecule has 0 saturated heterocycles. The van der Waals surface area contributed by atoms with E-state index < -0.39 is 6.10 Å². The Morgan fingerprint density at radius 1 is 1.04 bits per heavy atom. The first-order chi connectivity index (χ1) is 12.0. The molecule has 0 aliphatic carbocycles. The van der Waals surface area contributed by atoms with Crippen LogP contribution in [0.25, 0.3) is 0 Å². The minimum absolute atomic E-state index is 0.173. The molecule has 0 spiro atoms. The lowest BCUT2D eigenvalue weighted by molar-refractivity contribution is 0.0538. The Morgan fingerprint density at radius 3 is 2.28 bits per heavy atom. The zero-order valence-electron chi connectivity index (χ0n) is 15.0. The number of benzene rings is 2. The number of halogens is 1. The van der Waals surface area contributed by atoms with Gasteiger partial charge < -0.3 is 14.6 Å². The molecule has 0 aliphatic rings. The summed E-state index contributed by atoms with van der Waals surface area (Å²) in [5.74, 6) is 1.20. The SMILES string of the molecule is COc1ccc(OC[C@@H](O)CN(Cc2ccccc2F)C(C)C)cc1. The summed E-state index contributed by atoms with van der Waals surface area (Å²) < 4.78 is 24.6. The lowest BCUT2D eigenvalue weighted by Crippen LogP contribution is -2.39. The molecule has 0 radical (unpaired) electrons. The first kappa shape index (κ1) is 19.2. The van der Waals surface area contributed by atoms with Crippen molar-refractivity contribution < 1.29 is 19.0 Å². The van der Waals surface area contributed by atoms with Crippen LogP contribution >= 0.6 is 0 Å². The molecule has 2 aromatic rings. The van der Waals surface area contributed by atoms with E-state index in [0.717, 1.165) is 5.75 Å². The average molecular weight is 347 g/mol. The Labute approximate surface area is 148 Å². The summed E-state index contributed by atoms with van der Waals surface area (Å²) in [6.07, 6.45) is -0.670. The third-order valence-electron chi connectivity index (χ3n) is 4.01. The predicted octanol–water partition coefficient (Wildman–Crippen LogP) is 3.48. The topological polar surface area (TPSA) is 41.9 Å². The minimum atomic E-state index is -0.670. The van der Waals surface area contributed by atoms with Gasteiger partial charge in [0.25, 0.3) is 0 Å². The molecule has 0 bridgehead atoms. The maximum Gasteiger partial charge on any atom is 0.127 e. The van der Waals surface area contributed by atoms with Gasteiger partial charge in [0, 0.05) is 24.7 Å². The molecule has 4 nitrogen and oxygen atoms in total. The van der Waals surface area contributed by atoms with Crippen molar-refractivity contribution >= 4 is 0 Å². The number of rotatable bonds is 9. The van der Waals surface area contributed by atoms with Gasteiger partial charge in [-0.3, -0.25) is 4.90 Å². The van der Waals surface area contributed by atoms with Gasteiger partial charge in [-0.1, -0.05) is 18.2 Å². The van der Waals surface area contributed by atoms with Crippen molar-refractivity contribution in [3.05, 3.63) is 59.9 Å². The van der Waals surface area contributed by atoms with Crippen molar-refractivity contribution in [2.45, 2.75) is 32.5 Å². The van der Waals surface area contributed by atoms with Crippen molar-refractivity contribution in [1.82, 2.24) is 4.90 Å². The van der Waals surface area contributed by atoms with Crippen LogP contribution < -0.4 is 9.47 Å². The number of hydrogen-bond acceptors (Lipinski definition) is 4. The van der Waals surface area contributed by atoms with Crippen LogP contribution in [0.15, 0.2) is 48.5 Å². The second-order valence-electron chi connectivity index (χ2n) is 6.25. The summed E-state index contributed by atoms with van der Waals surface area (Å²) in [5, 5.41) is 10.3. The summed E-state index contributed by atoms with van der Waals surface area (Å²) in [6, 6.07) is 14.1. The number of aliphatic hydroxyl groups excluding tert-OH is 1. The van der Waals surface area contributed by atoms with E-state index in [4.69, 9.17) is 9.47 Å². The van der Waals surface area contributed by atoms with E-state index >= 15 is 0 Å². The quantitative estimate of drug-likeness (QED) is 0.754. The lowest BCUT2D eigenvalue weighted by Gasteiger charge is -2.29. The molecular formula is C20H26FNO3. The van der Waals surface area contributed by atoms with Gasteiger partial charge in [-0.25, -0.2) is 4.39 Å². The average Bonchev–Trinajstić information content (AvgIpc) is 2.61. The van der Waals surface area contributed by atoms with Crippen LogP contribution in [0, 0.1) is 5.82 Å². The standard InChI is InChI=1S/C20H26FNO3/c1-15(2)22(12-16-6-4-5-7-20(16)21)13-17(23)14-25-19-10-8-18(24-3)9-11-19/h4-11,15,17,23H,12-14H2,1-3H3/t17-/m0/s1. The smallest absolute Gasteiger partial charge is 0.127 e. The normalized spacial score (nSPS) is 12.4. The fraction of sp³-hybridized carbons (Fsp3) is 0.400. The Morgan fingerprint density at radius 2 is 1.68 bits per heavy atom. The van der Waals surface area contributed by atoms with E-state index in [1.807, 2.05) is 24.8 Å². The van der Waals surface area contributed by atoms with Gasteiger partial charge in [-0.15, -0.1) is 0 Å². The molecule has 1 atom stereocenters. The Hall–Kier alpha value is -2.11. The molecule has 1 N–H and O–H groups in total. The highest BCUT2D eigenvalue weighted by molar-refractivity contribution is 5.31. The van der Waals surface area contributed by atoms with Gasteiger partial charge in [-0.2, -0.15) is 0 Å². The first-order valence-corrected chi connectivity index (χ1v) is 8.42. The number of hydrogen-bond donors (Lipinski definition) is 1. The summed E-state index contributed by atoms with van der Waals surface area (Å²) in [6.45, 7) is 5.08. The number of ether oxygens (including phenoxy) is 2. The molecule has 0 amide bonds. The molecule has 136 valence electrons.